The van der Waals surface area contributed by atoms with E-state index < -0.39 is 0 Å². The molecule has 21 heavy (non-hydrogen) atoms. The quantitative estimate of drug-likeness (QED) is 0.753. The number of hydrogen-bond acceptors (Lipinski definition) is 2. The van der Waals surface area contributed by atoms with E-state index in [-0.39, 0.29) is 0 Å². The Morgan fingerprint density at radius 1 is 0.714 bits per heavy atom. The third kappa shape index (κ3) is 3.77. The zero-order valence-corrected chi connectivity index (χ0v) is 13.5. The highest BCUT2D eigenvalue weighted by Gasteiger charge is 2.36. The van der Waals surface area contributed by atoms with Crippen molar-refractivity contribution in [3.63, 3.8) is 0 Å². The summed E-state index contributed by atoms with van der Waals surface area (Å²) < 4.78 is 10.4. The Morgan fingerprint density at radius 3 is 1.43 bits per heavy atom. The maximum atomic E-state index is 5.20. The predicted octanol–water partition coefficient (Wildman–Crippen LogP) is 3.92. The van der Waals surface area contributed by atoms with Crippen LogP contribution in [-0.4, -0.2) is 25.5 Å². The molecule has 2 atom stereocenters. The lowest BCUT2D eigenvalue weighted by Gasteiger charge is -2.04. The zero-order valence-electron chi connectivity index (χ0n) is 12.5. The van der Waals surface area contributed by atoms with Crippen molar-refractivity contribution in [2.24, 2.45) is 0 Å². The molecule has 2 aromatic carbocycles. The monoisotopic (exact) mass is 300 g/mol. The smallest absolute Gasteiger partial charge is 0.118 e. The van der Waals surface area contributed by atoms with Crippen LogP contribution in [0.1, 0.15) is 11.1 Å². The summed E-state index contributed by atoms with van der Waals surface area (Å²) in [5, 5.41) is 0. The largest absolute Gasteiger partial charge is 0.497 e. The summed E-state index contributed by atoms with van der Waals surface area (Å²) in [6, 6.07) is 17.0. The van der Waals surface area contributed by atoms with Crippen LogP contribution in [0.5, 0.6) is 11.5 Å². The third-order valence-corrected chi connectivity index (χ3v) is 5.72. The van der Waals surface area contributed by atoms with Crippen LogP contribution in [0.4, 0.5) is 0 Å². The molecule has 3 heteroatoms. The topological polar surface area (TPSA) is 18.5 Å². The lowest BCUT2D eigenvalue weighted by atomic mass is 10.0. The summed E-state index contributed by atoms with van der Waals surface area (Å²) in [4.78, 5) is 0. The Labute approximate surface area is 128 Å². The maximum absolute atomic E-state index is 5.20. The van der Waals surface area contributed by atoms with Crippen molar-refractivity contribution in [2.45, 2.75) is 24.2 Å². The Bertz CT molecular complexity index is 524. The molecule has 1 fully saturated rings. The first-order chi connectivity index (χ1) is 10.3. The minimum atomic E-state index is 0.862. The first kappa shape index (κ1) is 14.4. The van der Waals surface area contributed by atoms with Gasteiger partial charge in [-0.2, -0.15) is 0 Å². The third-order valence-electron chi connectivity index (χ3n) is 4.03. The standard InChI is InChI=1S/C18H21O2P/c1-19-15-7-3-13(4-8-15)11-17-18(21-17)12-14-5-9-16(20-2)10-6-14/h3-10,17-18,21H,11-12H2,1-2H3. The number of benzene rings is 2. The van der Waals surface area contributed by atoms with E-state index in [1.807, 2.05) is 0 Å². The molecule has 2 nitrogen and oxygen atoms in total. The van der Waals surface area contributed by atoms with Gasteiger partial charge in [0.25, 0.3) is 0 Å². The Balaban J connectivity index is 1.51. The van der Waals surface area contributed by atoms with E-state index in [2.05, 4.69) is 48.5 Å². The first-order valence-electron chi connectivity index (χ1n) is 7.30. The second kappa shape index (κ2) is 6.49. The van der Waals surface area contributed by atoms with Crippen molar-refractivity contribution in [3.05, 3.63) is 59.7 Å². The van der Waals surface area contributed by atoms with Crippen LogP contribution in [0.3, 0.4) is 0 Å². The van der Waals surface area contributed by atoms with Crippen LogP contribution in [-0.2, 0) is 12.8 Å². The fourth-order valence-corrected chi connectivity index (χ4v) is 4.03. The molecule has 3 rings (SSSR count). The number of ether oxygens (including phenoxy) is 2. The second-order valence-corrected chi connectivity index (χ2v) is 7.30. The lowest BCUT2D eigenvalue weighted by Crippen LogP contribution is -2.02. The van der Waals surface area contributed by atoms with Gasteiger partial charge in [0.15, 0.2) is 0 Å². The average molecular weight is 300 g/mol. The van der Waals surface area contributed by atoms with Crippen LogP contribution in [0.2, 0.25) is 0 Å². The predicted molar refractivity (Wildman–Crippen MR) is 89.3 cm³/mol. The van der Waals surface area contributed by atoms with Gasteiger partial charge in [0.2, 0.25) is 0 Å². The highest BCUT2D eigenvalue weighted by molar-refractivity contribution is 7.49. The Kier molecular flexibility index (Phi) is 4.45. The van der Waals surface area contributed by atoms with E-state index in [4.69, 9.17) is 9.47 Å². The summed E-state index contributed by atoms with van der Waals surface area (Å²) in [6.07, 6.45) is 2.40. The van der Waals surface area contributed by atoms with Gasteiger partial charge in [-0.15, -0.1) is 8.58 Å². The van der Waals surface area contributed by atoms with Crippen LogP contribution < -0.4 is 9.47 Å². The molecule has 0 saturated carbocycles. The minimum absolute atomic E-state index is 0.862. The fourth-order valence-electron chi connectivity index (χ4n) is 2.65. The lowest BCUT2D eigenvalue weighted by molar-refractivity contribution is 0.414. The van der Waals surface area contributed by atoms with Crippen molar-refractivity contribution in [1.29, 1.82) is 0 Å². The van der Waals surface area contributed by atoms with Crippen molar-refractivity contribution in [2.75, 3.05) is 14.2 Å². The van der Waals surface area contributed by atoms with E-state index in [0.29, 0.717) is 0 Å². The maximum Gasteiger partial charge on any atom is 0.118 e. The molecular formula is C18H21O2P. The SMILES string of the molecule is COc1ccc(CC2PC2Cc2ccc(OC)cc2)cc1. The molecule has 0 aromatic heterocycles. The molecule has 0 N–H and O–H groups in total. The van der Waals surface area contributed by atoms with Crippen molar-refractivity contribution in [3.8, 4) is 11.5 Å². The number of hydrogen-bond donors (Lipinski definition) is 0. The Hall–Kier alpha value is -1.53. The highest BCUT2D eigenvalue weighted by Crippen LogP contribution is 2.52. The molecule has 0 spiro atoms. The molecule has 0 bridgehead atoms. The molecule has 0 radical (unpaired) electrons. The van der Waals surface area contributed by atoms with Gasteiger partial charge in [-0.3, -0.25) is 0 Å². The molecule has 1 aliphatic rings. The van der Waals surface area contributed by atoms with Gasteiger partial charge in [0.1, 0.15) is 11.5 Å². The molecule has 1 saturated heterocycles. The van der Waals surface area contributed by atoms with E-state index in [0.717, 1.165) is 31.4 Å². The number of methoxy groups -OCH3 is 2. The average Bonchev–Trinajstić information content (AvgIpc) is 3.26. The first-order valence-corrected chi connectivity index (χ1v) is 8.46. The van der Waals surface area contributed by atoms with Gasteiger partial charge in [-0.1, -0.05) is 24.3 Å². The summed E-state index contributed by atoms with van der Waals surface area (Å²) in [5.74, 6) is 1.87. The minimum Gasteiger partial charge on any atom is -0.497 e. The normalized spacial score (nSPS) is 21.2. The van der Waals surface area contributed by atoms with Crippen LogP contribution in [0.15, 0.2) is 48.5 Å². The van der Waals surface area contributed by atoms with E-state index in [1.165, 1.54) is 24.0 Å². The van der Waals surface area contributed by atoms with Crippen molar-refractivity contribution >= 4 is 8.58 Å². The summed E-state index contributed by atoms with van der Waals surface area (Å²) in [5.41, 5.74) is 4.57. The van der Waals surface area contributed by atoms with E-state index >= 15 is 0 Å². The van der Waals surface area contributed by atoms with Gasteiger partial charge in [-0.25, -0.2) is 0 Å². The van der Waals surface area contributed by atoms with Crippen LogP contribution >= 0.6 is 8.58 Å². The summed E-state index contributed by atoms with van der Waals surface area (Å²) in [6.45, 7) is 0. The Morgan fingerprint density at radius 2 is 1.10 bits per heavy atom. The molecular weight excluding hydrogens is 279 g/mol. The highest BCUT2D eigenvalue weighted by atomic mass is 31.1. The van der Waals surface area contributed by atoms with Gasteiger partial charge in [0, 0.05) is 0 Å². The molecule has 2 unspecified atom stereocenters. The molecule has 1 heterocycles. The summed E-state index contributed by atoms with van der Waals surface area (Å²) in [7, 11) is 4.52. The van der Waals surface area contributed by atoms with Gasteiger partial charge >= 0.3 is 0 Å². The van der Waals surface area contributed by atoms with Crippen molar-refractivity contribution in [1.82, 2.24) is 0 Å². The molecule has 110 valence electrons. The van der Waals surface area contributed by atoms with E-state index in [1.54, 1.807) is 14.2 Å². The van der Waals surface area contributed by atoms with Crippen LogP contribution in [0.25, 0.3) is 0 Å². The van der Waals surface area contributed by atoms with Gasteiger partial charge in [0.05, 0.1) is 14.2 Å². The second-order valence-electron chi connectivity index (χ2n) is 5.48. The molecule has 1 aliphatic heterocycles. The molecule has 0 aliphatic carbocycles. The molecule has 0 amide bonds. The van der Waals surface area contributed by atoms with E-state index in [9.17, 15) is 0 Å². The molecule has 2 aromatic rings. The van der Waals surface area contributed by atoms with Crippen LogP contribution in [0, 0.1) is 0 Å². The number of rotatable bonds is 6. The van der Waals surface area contributed by atoms with Gasteiger partial charge < -0.3 is 9.47 Å². The fraction of sp³-hybridized carbons (Fsp3) is 0.333. The van der Waals surface area contributed by atoms with Gasteiger partial charge in [-0.05, 0) is 59.6 Å². The zero-order chi connectivity index (χ0) is 14.7. The van der Waals surface area contributed by atoms with Crippen molar-refractivity contribution < 1.29 is 9.47 Å². The summed E-state index contributed by atoms with van der Waals surface area (Å²) >= 11 is 0.